The zero-order valence-corrected chi connectivity index (χ0v) is 14.0. The highest BCUT2D eigenvalue weighted by atomic mass is 32.2. The predicted octanol–water partition coefficient (Wildman–Crippen LogP) is 0.381. The quantitative estimate of drug-likeness (QED) is 0.712. The van der Waals surface area contributed by atoms with Gasteiger partial charge in [0, 0.05) is 32.2 Å². The lowest BCUT2D eigenvalue weighted by Gasteiger charge is -2.35. The van der Waals surface area contributed by atoms with E-state index < -0.39 is 10.2 Å². The zero-order chi connectivity index (χ0) is 15.1. The Morgan fingerprint density at radius 2 is 1.76 bits per heavy atom. The van der Waals surface area contributed by atoms with E-state index in [4.69, 9.17) is 0 Å². The third-order valence-corrected chi connectivity index (χ3v) is 6.15. The minimum absolute atomic E-state index is 0.0937. The van der Waals surface area contributed by atoms with Crippen molar-refractivity contribution in [1.82, 2.24) is 19.2 Å². The zero-order valence-electron chi connectivity index (χ0n) is 13.2. The first-order chi connectivity index (χ1) is 10.1. The Bertz CT molecular complexity index is 394. The summed E-state index contributed by atoms with van der Waals surface area (Å²) in [6, 6.07) is 0.0937. The maximum atomic E-state index is 12.5. The number of likely N-dealkylation sites (N-methyl/N-ethyl adjacent to an activating group) is 1. The second-order valence-corrected chi connectivity index (χ2v) is 7.83. The van der Waals surface area contributed by atoms with Gasteiger partial charge in [-0.25, -0.2) is 4.72 Å². The molecule has 21 heavy (non-hydrogen) atoms. The fourth-order valence-electron chi connectivity index (χ4n) is 3.33. The highest BCUT2D eigenvalue weighted by Gasteiger charge is 2.31. The van der Waals surface area contributed by atoms with Crippen molar-refractivity contribution in [3.05, 3.63) is 0 Å². The van der Waals surface area contributed by atoms with Gasteiger partial charge in [-0.15, -0.1) is 0 Å². The molecule has 6 nitrogen and oxygen atoms in total. The van der Waals surface area contributed by atoms with Crippen LogP contribution in [-0.2, 0) is 10.2 Å². The van der Waals surface area contributed by atoms with Gasteiger partial charge in [0.15, 0.2) is 0 Å². The maximum Gasteiger partial charge on any atom is 0.279 e. The van der Waals surface area contributed by atoms with Crippen molar-refractivity contribution in [1.29, 1.82) is 0 Å². The first-order valence-corrected chi connectivity index (χ1v) is 9.71. The van der Waals surface area contributed by atoms with E-state index in [0.29, 0.717) is 13.1 Å². The lowest BCUT2D eigenvalue weighted by molar-refractivity contribution is 0.227. The van der Waals surface area contributed by atoms with Gasteiger partial charge in [-0.2, -0.15) is 12.7 Å². The second-order valence-electron chi connectivity index (χ2n) is 6.12. The van der Waals surface area contributed by atoms with E-state index in [1.54, 1.807) is 4.31 Å². The molecule has 0 amide bonds. The van der Waals surface area contributed by atoms with Crippen LogP contribution in [0.2, 0.25) is 0 Å². The summed E-state index contributed by atoms with van der Waals surface area (Å²) in [4.78, 5) is 2.35. The van der Waals surface area contributed by atoms with Crippen molar-refractivity contribution in [2.75, 3.05) is 46.3 Å². The monoisotopic (exact) mass is 318 g/mol. The molecule has 1 atom stereocenters. The molecule has 0 radical (unpaired) electrons. The highest BCUT2D eigenvalue weighted by molar-refractivity contribution is 7.87. The van der Waals surface area contributed by atoms with E-state index in [-0.39, 0.29) is 6.04 Å². The van der Waals surface area contributed by atoms with Gasteiger partial charge >= 0.3 is 0 Å². The Hall–Kier alpha value is -0.210. The summed E-state index contributed by atoms with van der Waals surface area (Å²) in [7, 11) is -1.46. The van der Waals surface area contributed by atoms with E-state index in [1.165, 1.54) is 19.3 Å². The van der Waals surface area contributed by atoms with E-state index in [9.17, 15) is 8.42 Å². The summed E-state index contributed by atoms with van der Waals surface area (Å²) in [6.07, 6.45) is 6.82. The summed E-state index contributed by atoms with van der Waals surface area (Å²) in [5, 5.41) is 3.11. The van der Waals surface area contributed by atoms with Crippen LogP contribution < -0.4 is 10.0 Å². The van der Waals surface area contributed by atoms with Crippen LogP contribution in [0.4, 0.5) is 0 Å². The number of nitrogens with one attached hydrogen (secondary N) is 2. The van der Waals surface area contributed by atoms with Gasteiger partial charge in [0.05, 0.1) is 0 Å². The third-order valence-electron chi connectivity index (χ3n) is 4.48. The Morgan fingerprint density at radius 3 is 2.48 bits per heavy atom. The average Bonchev–Trinajstić information content (AvgIpc) is 2.49. The van der Waals surface area contributed by atoms with Crippen LogP contribution in [0.1, 0.15) is 38.5 Å². The summed E-state index contributed by atoms with van der Waals surface area (Å²) in [5.74, 6) is 0. The predicted molar refractivity (Wildman–Crippen MR) is 85.5 cm³/mol. The Kier molecular flexibility index (Phi) is 6.88. The summed E-state index contributed by atoms with van der Waals surface area (Å²) < 4.78 is 29.4. The van der Waals surface area contributed by atoms with Crippen LogP contribution in [-0.4, -0.2) is 70.0 Å². The molecule has 0 saturated carbocycles. The minimum Gasteiger partial charge on any atom is -0.318 e. The van der Waals surface area contributed by atoms with Gasteiger partial charge in [-0.3, -0.25) is 0 Å². The van der Waals surface area contributed by atoms with Crippen LogP contribution >= 0.6 is 0 Å². The highest BCUT2D eigenvalue weighted by Crippen LogP contribution is 2.19. The van der Waals surface area contributed by atoms with E-state index >= 15 is 0 Å². The van der Waals surface area contributed by atoms with E-state index in [2.05, 4.69) is 14.9 Å². The molecule has 2 rings (SSSR count). The number of likely N-dealkylation sites (tertiary alicyclic amines) is 1. The standard InChI is InChI=1S/C14H30N4O2S/c1-15-13-14-7-3-6-11-18(14)21(19,20)16-8-12-17-9-4-2-5-10-17/h14-16H,2-13H2,1H3. The lowest BCUT2D eigenvalue weighted by atomic mass is 10.1. The van der Waals surface area contributed by atoms with Crippen LogP contribution in [0.3, 0.4) is 0 Å². The molecule has 0 aromatic rings. The van der Waals surface area contributed by atoms with Crippen molar-refractivity contribution in [2.45, 2.75) is 44.6 Å². The van der Waals surface area contributed by atoms with Gasteiger partial charge in [0.1, 0.15) is 0 Å². The van der Waals surface area contributed by atoms with Gasteiger partial charge in [0.2, 0.25) is 0 Å². The first kappa shape index (κ1) is 17.1. The van der Waals surface area contributed by atoms with Crippen LogP contribution in [0.5, 0.6) is 0 Å². The molecule has 2 saturated heterocycles. The number of hydrogen-bond acceptors (Lipinski definition) is 4. The molecule has 124 valence electrons. The fourth-order valence-corrected chi connectivity index (χ4v) is 4.79. The van der Waals surface area contributed by atoms with Crippen LogP contribution in [0.15, 0.2) is 0 Å². The van der Waals surface area contributed by atoms with Crippen LogP contribution in [0, 0.1) is 0 Å². The molecule has 2 N–H and O–H groups in total. The van der Waals surface area contributed by atoms with Crippen molar-refractivity contribution >= 4 is 10.2 Å². The molecule has 2 heterocycles. The smallest absolute Gasteiger partial charge is 0.279 e. The van der Waals surface area contributed by atoms with E-state index in [0.717, 1.165) is 45.4 Å². The van der Waals surface area contributed by atoms with Gasteiger partial charge in [-0.1, -0.05) is 12.8 Å². The van der Waals surface area contributed by atoms with Crippen molar-refractivity contribution in [2.24, 2.45) is 0 Å². The summed E-state index contributed by atoms with van der Waals surface area (Å²) >= 11 is 0. The topological polar surface area (TPSA) is 64.7 Å². The number of rotatable bonds is 7. The number of nitrogens with zero attached hydrogens (tertiary/aromatic N) is 2. The molecule has 7 heteroatoms. The average molecular weight is 318 g/mol. The minimum atomic E-state index is -3.34. The maximum absolute atomic E-state index is 12.5. The molecular formula is C14H30N4O2S. The molecule has 0 aromatic carbocycles. The first-order valence-electron chi connectivity index (χ1n) is 8.27. The Morgan fingerprint density at radius 1 is 1.05 bits per heavy atom. The number of piperidine rings is 2. The third kappa shape index (κ3) is 5.17. The molecule has 0 spiro atoms. The molecule has 2 fully saturated rings. The molecule has 0 aromatic heterocycles. The fraction of sp³-hybridized carbons (Fsp3) is 1.00. The van der Waals surface area contributed by atoms with Crippen molar-refractivity contribution in [3.8, 4) is 0 Å². The van der Waals surface area contributed by atoms with Crippen molar-refractivity contribution < 1.29 is 8.42 Å². The van der Waals surface area contributed by atoms with Crippen LogP contribution in [0.25, 0.3) is 0 Å². The van der Waals surface area contributed by atoms with Gasteiger partial charge in [-0.05, 0) is 45.8 Å². The largest absolute Gasteiger partial charge is 0.318 e. The molecule has 2 aliphatic heterocycles. The lowest BCUT2D eigenvalue weighted by Crippen LogP contribution is -2.53. The SMILES string of the molecule is CNCC1CCCCN1S(=O)(=O)NCCN1CCCCC1. The summed E-state index contributed by atoms with van der Waals surface area (Å²) in [6.45, 7) is 4.93. The van der Waals surface area contributed by atoms with E-state index in [1.807, 2.05) is 7.05 Å². The van der Waals surface area contributed by atoms with Crippen molar-refractivity contribution in [3.63, 3.8) is 0 Å². The molecule has 0 bridgehead atoms. The molecule has 2 aliphatic rings. The Balaban J connectivity index is 1.81. The second kappa shape index (κ2) is 8.43. The van der Waals surface area contributed by atoms with Gasteiger partial charge in [0.25, 0.3) is 10.2 Å². The van der Waals surface area contributed by atoms with Gasteiger partial charge < -0.3 is 10.2 Å². The normalized spacial score (nSPS) is 26.0. The Labute approximate surface area is 129 Å². The molecule has 0 aliphatic carbocycles. The number of hydrogen-bond donors (Lipinski definition) is 2. The molecular weight excluding hydrogens is 288 g/mol. The molecule has 1 unspecified atom stereocenters. The summed E-state index contributed by atoms with van der Waals surface area (Å²) in [5.41, 5.74) is 0.